The molecule has 0 atom stereocenters. The van der Waals surface area contributed by atoms with E-state index in [-0.39, 0.29) is 0 Å². The van der Waals surface area contributed by atoms with Crippen LogP contribution in [0, 0.1) is 0 Å². The lowest BCUT2D eigenvalue weighted by atomic mass is 10.8. The van der Waals surface area contributed by atoms with Crippen LogP contribution in [0.15, 0.2) is 12.7 Å². The van der Waals surface area contributed by atoms with E-state index in [0.29, 0.717) is 0 Å². The molecule has 0 aliphatic rings. The summed E-state index contributed by atoms with van der Waals surface area (Å²) in [5, 5.41) is 0. The van der Waals surface area contributed by atoms with Gasteiger partial charge in [-0.2, -0.15) is 0 Å². The summed E-state index contributed by atoms with van der Waals surface area (Å²) in [6, 6.07) is 0. The zero-order valence-electron chi connectivity index (χ0n) is 2.78. The van der Waals surface area contributed by atoms with Crippen LogP contribution >= 0.6 is 30.1 Å². The van der Waals surface area contributed by atoms with E-state index in [1.165, 1.54) is 0 Å². The van der Waals surface area contributed by atoms with E-state index < -0.39 is 0 Å². The molecule has 0 aliphatic heterocycles. The van der Waals surface area contributed by atoms with Gasteiger partial charge in [0.05, 0.1) is 0 Å². The third-order valence-electron chi connectivity index (χ3n) is 0.181. The van der Waals surface area contributed by atoms with Gasteiger partial charge in [0.2, 0.25) is 0 Å². The minimum absolute atomic E-state index is 1.06. The van der Waals surface area contributed by atoms with Crippen LogP contribution in [0.4, 0.5) is 0 Å². The molecule has 0 saturated heterocycles. The summed E-state index contributed by atoms with van der Waals surface area (Å²) >= 11 is 2.23. The smallest absolute Gasteiger partial charge is 0.0211 e. The van der Waals surface area contributed by atoms with Gasteiger partial charge < -0.3 is 0 Å². The molecule has 0 aromatic rings. The van der Waals surface area contributed by atoms with Gasteiger partial charge in [-0.25, -0.2) is 0 Å². The third-order valence-corrected chi connectivity index (χ3v) is 1.62. The Bertz CT molecular complexity index is 28.1. The van der Waals surface area contributed by atoms with E-state index in [4.69, 9.17) is 0 Å². The first kappa shape index (κ1) is 5.82. The van der Waals surface area contributed by atoms with Crippen molar-refractivity contribution in [3.05, 3.63) is 12.7 Å². The lowest BCUT2D eigenvalue weighted by molar-refractivity contribution is 1.85. The maximum Gasteiger partial charge on any atom is 0.0211 e. The molecule has 0 unspecified atom stereocenters. The highest BCUT2D eigenvalue weighted by molar-refractivity contribution is 14.2. The maximum absolute atomic E-state index is 3.52. The van der Waals surface area contributed by atoms with E-state index in [0.717, 1.165) is 5.75 Å². The Morgan fingerprint density at radius 1 is 2.00 bits per heavy atom. The summed E-state index contributed by atoms with van der Waals surface area (Å²) in [6.45, 7) is 3.52. The Labute approximate surface area is 48.6 Å². The molecule has 0 amide bonds. The minimum Gasteiger partial charge on any atom is -0.102 e. The van der Waals surface area contributed by atoms with Crippen LogP contribution in [0.25, 0.3) is 0 Å². The summed E-state index contributed by atoms with van der Waals surface area (Å²) < 4.78 is 0. The quantitative estimate of drug-likeness (QED) is 0.486. The highest BCUT2D eigenvalue weighted by Crippen LogP contribution is 2.08. The predicted molar refractivity (Wildman–Crippen MR) is 36.7 cm³/mol. The SMILES string of the molecule is C=CCSI. The Morgan fingerprint density at radius 3 is 2.60 bits per heavy atom. The fourth-order valence-electron chi connectivity index (χ4n) is 0.0445. The van der Waals surface area contributed by atoms with Crippen molar-refractivity contribution in [1.82, 2.24) is 0 Å². The molecule has 0 aromatic carbocycles. The standard InChI is InChI=1S/C3H5IS/c1-2-3-5-4/h2H,1,3H2. The van der Waals surface area contributed by atoms with Crippen LogP contribution < -0.4 is 0 Å². The van der Waals surface area contributed by atoms with Crippen molar-refractivity contribution < 1.29 is 0 Å². The van der Waals surface area contributed by atoms with Gasteiger partial charge in [-0.1, -0.05) is 15.0 Å². The zero-order valence-corrected chi connectivity index (χ0v) is 5.75. The van der Waals surface area contributed by atoms with E-state index >= 15 is 0 Å². The van der Waals surface area contributed by atoms with E-state index in [1.807, 2.05) is 6.08 Å². The van der Waals surface area contributed by atoms with Crippen molar-refractivity contribution in [1.29, 1.82) is 0 Å². The minimum atomic E-state index is 1.06. The van der Waals surface area contributed by atoms with Gasteiger partial charge in [0.15, 0.2) is 0 Å². The normalized spacial score (nSPS) is 7.40. The zero-order chi connectivity index (χ0) is 4.12. The Morgan fingerprint density at radius 2 is 2.60 bits per heavy atom. The topological polar surface area (TPSA) is 0 Å². The Hall–Kier alpha value is 0.820. The molecule has 0 spiro atoms. The highest BCUT2D eigenvalue weighted by atomic mass is 127. The molecule has 30 valence electrons. The molecule has 0 fully saturated rings. The van der Waals surface area contributed by atoms with Crippen LogP contribution in [-0.2, 0) is 0 Å². The molecule has 0 aromatic heterocycles. The van der Waals surface area contributed by atoms with Gasteiger partial charge in [0.25, 0.3) is 0 Å². The number of rotatable bonds is 2. The lowest BCUT2D eigenvalue weighted by Crippen LogP contribution is -1.51. The molecule has 0 nitrogen and oxygen atoms in total. The van der Waals surface area contributed by atoms with Gasteiger partial charge in [-0.3, -0.25) is 0 Å². The summed E-state index contributed by atoms with van der Waals surface area (Å²) in [5.41, 5.74) is 0. The van der Waals surface area contributed by atoms with Gasteiger partial charge in [-0.05, 0) is 21.2 Å². The first-order valence-electron chi connectivity index (χ1n) is 1.26. The number of hydrogen-bond donors (Lipinski definition) is 0. The van der Waals surface area contributed by atoms with Crippen LogP contribution in [-0.4, -0.2) is 5.75 Å². The van der Waals surface area contributed by atoms with Crippen LogP contribution in [0.5, 0.6) is 0 Å². The van der Waals surface area contributed by atoms with E-state index in [2.05, 4.69) is 27.8 Å². The molecule has 2 heteroatoms. The molecule has 0 saturated carbocycles. The molecule has 0 rings (SSSR count). The summed E-state index contributed by atoms with van der Waals surface area (Å²) in [6.07, 6.45) is 1.89. The number of halogens is 1. The molecule has 5 heavy (non-hydrogen) atoms. The van der Waals surface area contributed by atoms with Crippen molar-refractivity contribution in [2.75, 3.05) is 5.75 Å². The first-order chi connectivity index (χ1) is 2.41. The van der Waals surface area contributed by atoms with Gasteiger partial charge >= 0.3 is 0 Å². The van der Waals surface area contributed by atoms with Gasteiger partial charge in [-0.15, -0.1) is 6.58 Å². The second-order valence-corrected chi connectivity index (χ2v) is 2.98. The summed E-state index contributed by atoms with van der Waals surface area (Å²) in [7, 11) is 1.75. The Kier molecular flexibility index (Phi) is 5.61. The summed E-state index contributed by atoms with van der Waals surface area (Å²) in [4.78, 5) is 0. The molecule has 0 N–H and O–H groups in total. The molecular weight excluding hydrogens is 195 g/mol. The van der Waals surface area contributed by atoms with Crippen molar-refractivity contribution in [3.63, 3.8) is 0 Å². The summed E-state index contributed by atoms with van der Waals surface area (Å²) in [5.74, 6) is 1.06. The highest BCUT2D eigenvalue weighted by Gasteiger charge is 1.63. The monoisotopic (exact) mass is 200 g/mol. The molecular formula is C3H5IS. The van der Waals surface area contributed by atoms with Crippen LogP contribution in [0.2, 0.25) is 0 Å². The maximum atomic E-state index is 3.52. The Balaban J connectivity index is 2.40. The van der Waals surface area contributed by atoms with Crippen LogP contribution in [0.3, 0.4) is 0 Å². The molecule has 0 aliphatic carbocycles. The first-order valence-corrected chi connectivity index (χ1v) is 4.79. The largest absolute Gasteiger partial charge is 0.102 e. The molecule has 0 radical (unpaired) electrons. The second-order valence-electron chi connectivity index (χ2n) is 0.564. The van der Waals surface area contributed by atoms with Gasteiger partial charge in [0.1, 0.15) is 0 Å². The second kappa shape index (κ2) is 4.82. The van der Waals surface area contributed by atoms with Crippen molar-refractivity contribution in [2.45, 2.75) is 0 Å². The van der Waals surface area contributed by atoms with E-state index in [1.54, 1.807) is 8.93 Å². The van der Waals surface area contributed by atoms with Crippen LogP contribution in [0.1, 0.15) is 0 Å². The average Bonchev–Trinajstić information content (AvgIpc) is 1.41. The lowest BCUT2D eigenvalue weighted by Gasteiger charge is -1.71. The fraction of sp³-hybridized carbons (Fsp3) is 0.333. The fourth-order valence-corrected chi connectivity index (χ4v) is 0.896. The van der Waals surface area contributed by atoms with Crippen molar-refractivity contribution >= 4 is 30.1 Å². The molecule has 0 heterocycles. The molecule has 0 bridgehead atoms. The average molecular weight is 200 g/mol. The van der Waals surface area contributed by atoms with Crippen molar-refractivity contribution in [3.8, 4) is 0 Å². The van der Waals surface area contributed by atoms with E-state index in [9.17, 15) is 0 Å². The number of hydrogen-bond acceptors (Lipinski definition) is 1. The van der Waals surface area contributed by atoms with Crippen molar-refractivity contribution in [2.24, 2.45) is 0 Å². The predicted octanol–water partition coefficient (Wildman–Crippen LogP) is 2.26. The third kappa shape index (κ3) is 4.82. The van der Waals surface area contributed by atoms with Gasteiger partial charge in [0, 0.05) is 5.75 Å².